The van der Waals surface area contributed by atoms with Gasteiger partial charge in [-0.3, -0.25) is 14.4 Å². The molecular weight excluding hydrogens is 354 g/mol. The van der Waals surface area contributed by atoms with Crippen LogP contribution in [0.1, 0.15) is 73.9 Å². The molecule has 2 aliphatic carbocycles. The molecule has 1 amide bonds. The van der Waals surface area contributed by atoms with E-state index in [9.17, 15) is 14.4 Å². The molecule has 5 nitrogen and oxygen atoms in total. The number of hydrogen-bond acceptors (Lipinski definition) is 4. The minimum absolute atomic E-state index is 0.0000630. The van der Waals surface area contributed by atoms with Gasteiger partial charge in [0.2, 0.25) is 0 Å². The molecular formula is C23H31NO4. The molecule has 0 bridgehead atoms. The van der Waals surface area contributed by atoms with Crippen molar-refractivity contribution in [3.63, 3.8) is 0 Å². The molecule has 0 heterocycles. The number of carbonyl (C=O) groups is 3. The molecule has 3 atom stereocenters. The van der Waals surface area contributed by atoms with E-state index in [-0.39, 0.29) is 37.2 Å². The maximum Gasteiger partial charge on any atom is 0.306 e. The lowest BCUT2D eigenvalue weighted by atomic mass is 9.78. The van der Waals surface area contributed by atoms with E-state index in [1.807, 2.05) is 18.2 Å². The zero-order valence-electron chi connectivity index (χ0n) is 17.0. The van der Waals surface area contributed by atoms with Crippen molar-refractivity contribution in [1.82, 2.24) is 5.32 Å². The first-order chi connectivity index (χ1) is 13.4. The molecule has 1 aromatic carbocycles. The molecule has 1 N–H and O–H groups in total. The number of fused-ring (bicyclic) bond motifs is 1. The van der Waals surface area contributed by atoms with Gasteiger partial charge in [-0.1, -0.05) is 38.8 Å². The quantitative estimate of drug-likeness (QED) is 0.575. The van der Waals surface area contributed by atoms with Gasteiger partial charge in [0.1, 0.15) is 0 Å². The lowest BCUT2D eigenvalue weighted by Gasteiger charge is -2.34. The molecule has 0 radical (unpaired) electrons. The molecule has 3 rings (SSSR count). The smallest absolute Gasteiger partial charge is 0.306 e. The van der Waals surface area contributed by atoms with Crippen LogP contribution in [-0.2, 0) is 27.2 Å². The highest BCUT2D eigenvalue weighted by Gasteiger charge is 2.28. The van der Waals surface area contributed by atoms with Crippen LogP contribution in [0.4, 0.5) is 0 Å². The Morgan fingerprint density at radius 2 is 1.82 bits per heavy atom. The summed E-state index contributed by atoms with van der Waals surface area (Å²) >= 11 is 0. The van der Waals surface area contributed by atoms with E-state index in [0.717, 1.165) is 32.1 Å². The van der Waals surface area contributed by atoms with Gasteiger partial charge in [-0.2, -0.15) is 0 Å². The predicted molar refractivity (Wildman–Crippen MR) is 107 cm³/mol. The van der Waals surface area contributed by atoms with Crippen molar-refractivity contribution in [2.24, 2.45) is 11.8 Å². The Kier molecular flexibility index (Phi) is 6.87. The highest BCUT2D eigenvalue weighted by molar-refractivity contribution is 5.98. The average molecular weight is 386 g/mol. The van der Waals surface area contributed by atoms with Crippen molar-refractivity contribution in [3.05, 3.63) is 34.9 Å². The number of aryl methyl sites for hydroxylation is 2. The molecule has 0 aliphatic heterocycles. The van der Waals surface area contributed by atoms with Crippen LogP contribution in [0.25, 0.3) is 0 Å². The van der Waals surface area contributed by atoms with E-state index in [1.165, 1.54) is 17.5 Å². The third-order valence-corrected chi connectivity index (χ3v) is 6.39. The number of benzene rings is 1. The Morgan fingerprint density at radius 3 is 2.64 bits per heavy atom. The molecule has 5 heteroatoms. The van der Waals surface area contributed by atoms with E-state index in [0.29, 0.717) is 17.4 Å². The second-order valence-electron chi connectivity index (χ2n) is 8.36. The van der Waals surface area contributed by atoms with Gasteiger partial charge in [0, 0.05) is 18.0 Å². The molecule has 0 spiro atoms. The summed E-state index contributed by atoms with van der Waals surface area (Å²) in [4.78, 5) is 36.3. The number of Topliss-reactive ketones (excluding diaryl/α,β-unsaturated/α-hetero) is 1. The van der Waals surface area contributed by atoms with Crippen LogP contribution < -0.4 is 5.32 Å². The van der Waals surface area contributed by atoms with Gasteiger partial charge in [-0.05, 0) is 54.7 Å². The summed E-state index contributed by atoms with van der Waals surface area (Å²) in [5, 5.41) is 2.99. The summed E-state index contributed by atoms with van der Waals surface area (Å²) in [5.41, 5.74) is 3.23. The first-order valence-electron chi connectivity index (χ1n) is 10.5. The van der Waals surface area contributed by atoms with E-state index in [1.54, 1.807) is 0 Å². The van der Waals surface area contributed by atoms with Crippen LogP contribution in [0.5, 0.6) is 0 Å². The van der Waals surface area contributed by atoms with Crippen LogP contribution in [0.2, 0.25) is 0 Å². The number of ether oxygens (including phenoxy) is 1. The number of ketones is 1. The SMILES string of the molecule is C[C@@H]1[C@H](C)CCC[C@H]1NC(=O)COC(=O)CCC(=O)c1ccc2c(c1)CCC2. The summed E-state index contributed by atoms with van der Waals surface area (Å²) in [5.74, 6) is 0.199. The van der Waals surface area contributed by atoms with Gasteiger partial charge in [0.25, 0.3) is 5.91 Å². The third-order valence-electron chi connectivity index (χ3n) is 6.39. The molecule has 152 valence electrons. The van der Waals surface area contributed by atoms with Gasteiger partial charge in [0.15, 0.2) is 12.4 Å². The summed E-state index contributed by atoms with van der Waals surface area (Å²) in [6.45, 7) is 4.09. The predicted octanol–water partition coefficient (Wildman–Crippen LogP) is 3.62. The summed E-state index contributed by atoms with van der Waals surface area (Å²) in [7, 11) is 0. The Bertz CT molecular complexity index is 742. The van der Waals surface area contributed by atoms with E-state index < -0.39 is 5.97 Å². The second-order valence-corrected chi connectivity index (χ2v) is 8.36. The number of amides is 1. The molecule has 0 aromatic heterocycles. The summed E-state index contributed by atoms with van der Waals surface area (Å²) < 4.78 is 5.06. The lowest BCUT2D eigenvalue weighted by Crippen LogP contribution is -2.45. The van der Waals surface area contributed by atoms with Gasteiger partial charge in [0.05, 0.1) is 6.42 Å². The van der Waals surface area contributed by atoms with Gasteiger partial charge in [-0.15, -0.1) is 0 Å². The van der Waals surface area contributed by atoms with Gasteiger partial charge < -0.3 is 10.1 Å². The first kappa shape index (κ1) is 20.6. The van der Waals surface area contributed by atoms with Gasteiger partial charge >= 0.3 is 5.97 Å². The number of nitrogens with one attached hydrogen (secondary N) is 1. The van der Waals surface area contributed by atoms with Crippen molar-refractivity contribution in [2.45, 2.75) is 71.3 Å². The Hall–Kier alpha value is -2.17. The normalized spacial score (nSPS) is 23.7. The fourth-order valence-corrected chi connectivity index (χ4v) is 4.36. The Morgan fingerprint density at radius 1 is 1.04 bits per heavy atom. The monoisotopic (exact) mass is 385 g/mol. The van der Waals surface area contributed by atoms with Crippen LogP contribution in [0.3, 0.4) is 0 Å². The molecule has 0 saturated heterocycles. The minimum atomic E-state index is -0.505. The van der Waals surface area contributed by atoms with Crippen molar-refractivity contribution in [1.29, 1.82) is 0 Å². The maximum absolute atomic E-state index is 12.3. The maximum atomic E-state index is 12.3. The first-order valence-corrected chi connectivity index (χ1v) is 10.5. The minimum Gasteiger partial charge on any atom is -0.456 e. The molecule has 1 saturated carbocycles. The Balaban J connectivity index is 1.38. The third kappa shape index (κ3) is 5.21. The molecule has 28 heavy (non-hydrogen) atoms. The zero-order valence-corrected chi connectivity index (χ0v) is 17.0. The highest BCUT2D eigenvalue weighted by Crippen LogP contribution is 2.29. The number of hydrogen-bond donors (Lipinski definition) is 1. The fourth-order valence-electron chi connectivity index (χ4n) is 4.36. The van der Waals surface area contributed by atoms with Crippen molar-refractivity contribution >= 4 is 17.7 Å². The highest BCUT2D eigenvalue weighted by atomic mass is 16.5. The van der Waals surface area contributed by atoms with Crippen LogP contribution in [0.15, 0.2) is 18.2 Å². The van der Waals surface area contributed by atoms with Crippen molar-refractivity contribution in [2.75, 3.05) is 6.61 Å². The van der Waals surface area contributed by atoms with E-state index >= 15 is 0 Å². The largest absolute Gasteiger partial charge is 0.456 e. The van der Waals surface area contributed by atoms with E-state index in [2.05, 4.69) is 19.2 Å². The second kappa shape index (κ2) is 9.35. The average Bonchev–Trinajstić information content (AvgIpc) is 3.16. The lowest BCUT2D eigenvalue weighted by molar-refractivity contribution is -0.148. The number of rotatable bonds is 7. The van der Waals surface area contributed by atoms with Crippen LogP contribution >= 0.6 is 0 Å². The van der Waals surface area contributed by atoms with Crippen molar-refractivity contribution in [3.8, 4) is 0 Å². The Labute approximate surface area is 167 Å². The zero-order chi connectivity index (χ0) is 20.1. The van der Waals surface area contributed by atoms with Crippen molar-refractivity contribution < 1.29 is 19.1 Å². The summed E-state index contributed by atoms with van der Waals surface area (Å²) in [6.07, 6.45) is 6.63. The molecule has 1 aromatic rings. The van der Waals surface area contributed by atoms with Crippen LogP contribution in [-0.4, -0.2) is 30.3 Å². The molecule has 2 aliphatic rings. The fraction of sp³-hybridized carbons (Fsp3) is 0.609. The van der Waals surface area contributed by atoms with Crippen LogP contribution in [0, 0.1) is 11.8 Å². The summed E-state index contributed by atoms with van der Waals surface area (Å²) in [6, 6.07) is 5.97. The number of esters is 1. The van der Waals surface area contributed by atoms with E-state index in [4.69, 9.17) is 4.74 Å². The number of carbonyl (C=O) groups excluding carboxylic acids is 3. The standard InChI is InChI=1S/C23H31NO4/c1-15-5-3-8-20(16(15)2)24-22(26)14-28-23(27)12-11-21(25)19-10-9-17-6-4-7-18(17)13-19/h9-10,13,15-16,20H,3-8,11-12,14H2,1-2H3,(H,24,26)/t15-,16-,20-/m1/s1. The topological polar surface area (TPSA) is 72.5 Å². The molecule has 0 unspecified atom stereocenters. The van der Waals surface area contributed by atoms with Gasteiger partial charge in [-0.25, -0.2) is 0 Å². The molecule has 1 fully saturated rings.